The average molecular weight is 333 g/mol. The quantitative estimate of drug-likeness (QED) is 0.821. The van der Waals surface area contributed by atoms with E-state index in [9.17, 15) is 18.0 Å². The van der Waals surface area contributed by atoms with Crippen LogP contribution in [0.3, 0.4) is 0 Å². The zero-order valence-electron chi connectivity index (χ0n) is 13.1. The van der Waals surface area contributed by atoms with Gasteiger partial charge in [0.15, 0.2) is 0 Å². The van der Waals surface area contributed by atoms with E-state index >= 15 is 0 Å². The third-order valence-corrected chi connectivity index (χ3v) is 3.78. The first-order chi connectivity index (χ1) is 10.8. The third kappa shape index (κ3) is 6.47. The number of aryl methyl sites for hydroxylation is 1. The monoisotopic (exact) mass is 333 g/mol. The lowest BCUT2D eigenvalue weighted by Gasteiger charge is -2.18. The minimum absolute atomic E-state index is 0.0708. The number of nitrogens with zero attached hydrogens (tertiary/aromatic N) is 3. The largest absolute Gasteiger partial charge is 0.401 e. The fourth-order valence-corrected chi connectivity index (χ4v) is 2.70. The van der Waals surface area contributed by atoms with E-state index in [0.717, 1.165) is 5.56 Å². The average Bonchev–Trinajstić information content (AvgIpc) is 3.04. The molecule has 9 heteroatoms. The maximum atomic E-state index is 12.3. The van der Waals surface area contributed by atoms with Crippen molar-refractivity contribution in [1.29, 1.82) is 0 Å². The van der Waals surface area contributed by atoms with Crippen LogP contribution < -0.4 is 10.6 Å². The first-order valence-corrected chi connectivity index (χ1v) is 7.60. The zero-order valence-corrected chi connectivity index (χ0v) is 13.1. The Morgan fingerprint density at radius 3 is 2.87 bits per heavy atom. The molecule has 1 fully saturated rings. The van der Waals surface area contributed by atoms with Gasteiger partial charge in [-0.05, 0) is 30.9 Å². The molecule has 0 bridgehead atoms. The molecule has 6 nitrogen and oxygen atoms in total. The molecular formula is C14H22F3N5O. The second-order valence-electron chi connectivity index (χ2n) is 5.91. The zero-order chi connectivity index (χ0) is 16.9. The predicted octanol–water partition coefficient (Wildman–Crippen LogP) is 1.15. The van der Waals surface area contributed by atoms with Gasteiger partial charge in [0.1, 0.15) is 0 Å². The number of alkyl halides is 3. The molecule has 0 radical (unpaired) electrons. The van der Waals surface area contributed by atoms with Gasteiger partial charge in [-0.3, -0.25) is 9.58 Å². The Hall–Kier alpha value is -1.77. The van der Waals surface area contributed by atoms with Crippen LogP contribution in [0.2, 0.25) is 0 Å². The van der Waals surface area contributed by atoms with Gasteiger partial charge in [-0.15, -0.1) is 0 Å². The van der Waals surface area contributed by atoms with Crippen LogP contribution in [0.5, 0.6) is 0 Å². The van der Waals surface area contributed by atoms with Gasteiger partial charge < -0.3 is 10.6 Å². The van der Waals surface area contributed by atoms with E-state index in [1.807, 2.05) is 13.2 Å². The van der Waals surface area contributed by atoms with Gasteiger partial charge in [0.05, 0.1) is 12.7 Å². The molecule has 0 spiro atoms. The van der Waals surface area contributed by atoms with Gasteiger partial charge in [-0.1, -0.05) is 0 Å². The lowest BCUT2D eigenvalue weighted by molar-refractivity contribution is -0.143. The van der Waals surface area contributed by atoms with Crippen molar-refractivity contribution >= 4 is 6.03 Å². The summed E-state index contributed by atoms with van der Waals surface area (Å²) < 4.78 is 38.6. The number of nitrogens with one attached hydrogen (secondary N) is 2. The summed E-state index contributed by atoms with van der Waals surface area (Å²) in [5, 5.41) is 9.49. The SMILES string of the molecule is Cn1cc(CCNC(=O)NCC2CCN(CC(F)(F)F)C2)cn1. The number of amides is 2. The lowest BCUT2D eigenvalue weighted by atomic mass is 10.1. The summed E-state index contributed by atoms with van der Waals surface area (Å²) in [7, 11) is 1.83. The van der Waals surface area contributed by atoms with E-state index in [2.05, 4.69) is 15.7 Å². The maximum Gasteiger partial charge on any atom is 0.401 e. The molecule has 23 heavy (non-hydrogen) atoms. The molecule has 1 saturated heterocycles. The summed E-state index contributed by atoms with van der Waals surface area (Å²) in [4.78, 5) is 13.1. The van der Waals surface area contributed by atoms with Crippen molar-refractivity contribution in [3.63, 3.8) is 0 Å². The molecule has 2 N–H and O–H groups in total. The normalized spacial score (nSPS) is 19.0. The smallest absolute Gasteiger partial charge is 0.338 e. The van der Waals surface area contributed by atoms with Crippen molar-refractivity contribution < 1.29 is 18.0 Å². The molecule has 1 atom stereocenters. The summed E-state index contributed by atoms with van der Waals surface area (Å²) in [6, 6.07) is -0.289. The van der Waals surface area contributed by atoms with Gasteiger partial charge in [-0.25, -0.2) is 4.79 Å². The molecule has 1 aliphatic rings. The van der Waals surface area contributed by atoms with Crippen molar-refractivity contribution in [3.05, 3.63) is 18.0 Å². The van der Waals surface area contributed by atoms with Gasteiger partial charge in [-0.2, -0.15) is 18.3 Å². The van der Waals surface area contributed by atoms with Crippen molar-refractivity contribution in [2.45, 2.75) is 19.0 Å². The second kappa shape index (κ2) is 7.67. The molecule has 2 heterocycles. The maximum absolute atomic E-state index is 12.3. The molecule has 1 aliphatic heterocycles. The molecule has 0 saturated carbocycles. The Balaban J connectivity index is 1.58. The van der Waals surface area contributed by atoms with Gasteiger partial charge in [0, 0.05) is 32.9 Å². The van der Waals surface area contributed by atoms with Crippen LogP contribution in [0.15, 0.2) is 12.4 Å². The molecule has 2 amide bonds. The van der Waals surface area contributed by atoms with Crippen molar-refractivity contribution in [1.82, 2.24) is 25.3 Å². The minimum atomic E-state index is -4.16. The molecule has 0 aromatic carbocycles. The van der Waals surface area contributed by atoms with E-state index in [1.165, 1.54) is 4.90 Å². The Kier molecular flexibility index (Phi) is 5.86. The number of carbonyl (C=O) groups is 1. The van der Waals surface area contributed by atoms with E-state index in [0.29, 0.717) is 39.0 Å². The van der Waals surface area contributed by atoms with Crippen LogP contribution in [-0.4, -0.2) is 59.6 Å². The summed E-state index contributed by atoms with van der Waals surface area (Å²) >= 11 is 0. The van der Waals surface area contributed by atoms with E-state index in [1.54, 1.807) is 10.9 Å². The van der Waals surface area contributed by atoms with Crippen LogP contribution in [0.4, 0.5) is 18.0 Å². The molecule has 0 aliphatic carbocycles. The highest BCUT2D eigenvalue weighted by Gasteiger charge is 2.34. The van der Waals surface area contributed by atoms with Crippen LogP contribution >= 0.6 is 0 Å². The van der Waals surface area contributed by atoms with Crippen LogP contribution in [-0.2, 0) is 13.5 Å². The molecule has 130 valence electrons. The summed E-state index contributed by atoms with van der Waals surface area (Å²) in [6.07, 6.45) is 0.822. The number of hydrogen-bond acceptors (Lipinski definition) is 3. The first-order valence-electron chi connectivity index (χ1n) is 7.60. The van der Waals surface area contributed by atoms with E-state index in [4.69, 9.17) is 0 Å². The van der Waals surface area contributed by atoms with E-state index in [-0.39, 0.29) is 11.9 Å². The number of rotatable bonds is 6. The van der Waals surface area contributed by atoms with Crippen LogP contribution in [0.25, 0.3) is 0 Å². The Morgan fingerprint density at radius 1 is 1.43 bits per heavy atom. The van der Waals surface area contributed by atoms with Gasteiger partial charge in [0.25, 0.3) is 0 Å². The standard InChI is InChI=1S/C14H22F3N5O/c1-21-8-11(7-20-21)2-4-18-13(23)19-6-12-3-5-22(9-12)10-14(15,16)17/h7-8,12H,2-6,9-10H2,1H3,(H2,18,19,23). The Labute approximate surface area is 133 Å². The number of hydrogen-bond donors (Lipinski definition) is 2. The molecule has 2 rings (SSSR count). The van der Waals surface area contributed by atoms with Crippen molar-refractivity contribution in [2.24, 2.45) is 13.0 Å². The Bertz CT molecular complexity index is 517. The minimum Gasteiger partial charge on any atom is -0.338 e. The summed E-state index contributed by atoms with van der Waals surface area (Å²) in [5.41, 5.74) is 1.03. The fraction of sp³-hybridized carbons (Fsp3) is 0.714. The lowest BCUT2D eigenvalue weighted by Crippen LogP contribution is -2.40. The van der Waals surface area contributed by atoms with Crippen LogP contribution in [0, 0.1) is 5.92 Å². The molecule has 1 unspecified atom stereocenters. The predicted molar refractivity (Wildman–Crippen MR) is 78.9 cm³/mol. The third-order valence-electron chi connectivity index (χ3n) is 3.78. The van der Waals surface area contributed by atoms with Crippen molar-refractivity contribution in [2.75, 3.05) is 32.7 Å². The topological polar surface area (TPSA) is 62.2 Å². The summed E-state index contributed by atoms with van der Waals surface area (Å²) in [6.45, 7) is 0.806. The van der Waals surface area contributed by atoms with Gasteiger partial charge >= 0.3 is 12.2 Å². The number of likely N-dealkylation sites (tertiary alicyclic amines) is 1. The number of urea groups is 1. The first kappa shape index (κ1) is 17.6. The Morgan fingerprint density at radius 2 is 2.22 bits per heavy atom. The number of aromatic nitrogens is 2. The van der Waals surface area contributed by atoms with E-state index < -0.39 is 12.7 Å². The highest BCUT2D eigenvalue weighted by molar-refractivity contribution is 5.73. The molecule has 1 aromatic heterocycles. The summed E-state index contributed by atoms with van der Waals surface area (Å²) in [5.74, 6) is 0.0708. The highest BCUT2D eigenvalue weighted by atomic mass is 19.4. The highest BCUT2D eigenvalue weighted by Crippen LogP contribution is 2.22. The van der Waals surface area contributed by atoms with Crippen molar-refractivity contribution in [3.8, 4) is 0 Å². The van der Waals surface area contributed by atoms with Gasteiger partial charge in [0.2, 0.25) is 0 Å². The van der Waals surface area contributed by atoms with Crippen LogP contribution in [0.1, 0.15) is 12.0 Å². The second-order valence-corrected chi connectivity index (χ2v) is 5.91. The molecular weight excluding hydrogens is 311 g/mol. The number of halogens is 3. The number of carbonyl (C=O) groups excluding carboxylic acids is 1. The fourth-order valence-electron chi connectivity index (χ4n) is 2.70. The molecule has 1 aromatic rings.